The van der Waals surface area contributed by atoms with Gasteiger partial charge in [-0.1, -0.05) is 13.8 Å². The molecular weight excluding hydrogens is 172 g/mol. The molecule has 0 aliphatic heterocycles. The molecule has 0 N–H and O–H groups in total. The summed E-state index contributed by atoms with van der Waals surface area (Å²) in [7, 11) is 2.18. The average molecular weight is 194 g/mol. The first-order valence-corrected chi connectivity index (χ1v) is 5.63. The van der Waals surface area contributed by atoms with Crippen molar-refractivity contribution in [3.05, 3.63) is 0 Å². The van der Waals surface area contributed by atoms with Crippen molar-refractivity contribution in [3.63, 3.8) is 0 Å². The second kappa shape index (κ2) is 4.79. The molecule has 1 aliphatic carbocycles. The number of rotatable bonds is 6. The molecule has 2 heteroatoms. The van der Waals surface area contributed by atoms with Crippen LogP contribution in [0.4, 0.5) is 0 Å². The van der Waals surface area contributed by atoms with Crippen LogP contribution < -0.4 is 0 Å². The number of nitriles is 1. The molecule has 0 radical (unpaired) electrons. The quantitative estimate of drug-likeness (QED) is 0.650. The average Bonchev–Trinajstić information content (AvgIpc) is 2.82. The van der Waals surface area contributed by atoms with E-state index in [1.54, 1.807) is 0 Å². The van der Waals surface area contributed by atoms with Crippen LogP contribution in [0.2, 0.25) is 0 Å². The summed E-state index contributed by atoms with van der Waals surface area (Å²) in [6.07, 6.45) is 4.53. The van der Waals surface area contributed by atoms with Gasteiger partial charge in [0.25, 0.3) is 0 Å². The van der Waals surface area contributed by atoms with E-state index < -0.39 is 0 Å². The molecule has 0 aromatic carbocycles. The lowest BCUT2D eigenvalue weighted by molar-refractivity contribution is 0.251. The van der Waals surface area contributed by atoms with Crippen LogP contribution in [0.15, 0.2) is 0 Å². The van der Waals surface area contributed by atoms with Crippen LogP contribution in [0, 0.1) is 22.7 Å². The van der Waals surface area contributed by atoms with Crippen LogP contribution in [0.25, 0.3) is 0 Å². The number of hydrogen-bond acceptors (Lipinski definition) is 2. The molecule has 1 aliphatic rings. The van der Waals surface area contributed by atoms with Gasteiger partial charge in [-0.2, -0.15) is 5.26 Å². The van der Waals surface area contributed by atoms with Crippen LogP contribution >= 0.6 is 0 Å². The molecule has 0 heterocycles. The van der Waals surface area contributed by atoms with Crippen molar-refractivity contribution in [2.24, 2.45) is 11.3 Å². The fourth-order valence-corrected chi connectivity index (χ4v) is 1.87. The van der Waals surface area contributed by atoms with Gasteiger partial charge in [0.1, 0.15) is 0 Å². The summed E-state index contributed by atoms with van der Waals surface area (Å²) >= 11 is 0. The maximum Gasteiger partial charge on any atom is 0.0628 e. The Morgan fingerprint density at radius 3 is 2.50 bits per heavy atom. The molecule has 1 fully saturated rings. The summed E-state index contributed by atoms with van der Waals surface area (Å²) in [4.78, 5) is 2.39. The van der Waals surface area contributed by atoms with Crippen molar-refractivity contribution in [1.29, 1.82) is 5.26 Å². The highest BCUT2D eigenvalue weighted by molar-refractivity contribution is 5.00. The normalized spacial score (nSPS) is 18.6. The molecule has 80 valence electrons. The minimum Gasteiger partial charge on any atom is -0.306 e. The van der Waals surface area contributed by atoms with Crippen LogP contribution in [0.3, 0.4) is 0 Å². The molecule has 0 amide bonds. The van der Waals surface area contributed by atoms with Gasteiger partial charge in [-0.25, -0.2) is 0 Å². The van der Waals surface area contributed by atoms with E-state index in [1.165, 1.54) is 25.8 Å². The Balaban J connectivity index is 2.20. The molecular formula is C12H22N2. The lowest BCUT2D eigenvalue weighted by Gasteiger charge is -2.22. The van der Waals surface area contributed by atoms with Gasteiger partial charge in [0.2, 0.25) is 0 Å². The van der Waals surface area contributed by atoms with Gasteiger partial charge < -0.3 is 4.90 Å². The molecule has 0 spiro atoms. The van der Waals surface area contributed by atoms with Crippen molar-refractivity contribution in [2.75, 3.05) is 20.1 Å². The van der Waals surface area contributed by atoms with Gasteiger partial charge in [0.05, 0.1) is 6.07 Å². The van der Waals surface area contributed by atoms with E-state index in [9.17, 15) is 0 Å². The molecule has 0 aromatic heterocycles. The summed E-state index contributed by atoms with van der Waals surface area (Å²) in [5.74, 6) is 0.781. The number of nitrogens with zero attached hydrogens (tertiary/aromatic N) is 2. The third-order valence-electron chi connectivity index (χ3n) is 3.10. The fourth-order valence-electron chi connectivity index (χ4n) is 1.87. The largest absolute Gasteiger partial charge is 0.306 e. The second-order valence-corrected chi connectivity index (χ2v) is 5.26. The molecule has 1 saturated carbocycles. The highest BCUT2D eigenvalue weighted by Gasteiger charge is 2.42. The van der Waals surface area contributed by atoms with Gasteiger partial charge in [-0.15, -0.1) is 0 Å². The topological polar surface area (TPSA) is 27.0 Å². The molecule has 0 aromatic rings. The fraction of sp³-hybridized carbons (Fsp3) is 0.917. The second-order valence-electron chi connectivity index (χ2n) is 5.26. The summed E-state index contributed by atoms with van der Waals surface area (Å²) in [5, 5.41) is 8.70. The van der Waals surface area contributed by atoms with Crippen molar-refractivity contribution >= 4 is 0 Å². The van der Waals surface area contributed by atoms with Crippen LogP contribution in [0.1, 0.15) is 39.5 Å². The Kier molecular flexibility index (Phi) is 3.95. The Morgan fingerprint density at radius 2 is 2.07 bits per heavy atom. The third-order valence-corrected chi connectivity index (χ3v) is 3.10. The van der Waals surface area contributed by atoms with Gasteiger partial charge >= 0.3 is 0 Å². The molecule has 0 atom stereocenters. The monoisotopic (exact) mass is 194 g/mol. The first-order chi connectivity index (χ1) is 6.58. The molecule has 0 bridgehead atoms. The van der Waals surface area contributed by atoms with E-state index in [0.29, 0.717) is 5.41 Å². The summed E-state index contributed by atoms with van der Waals surface area (Å²) in [5.41, 5.74) is 0.375. The van der Waals surface area contributed by atoms with Crippen molar-refractivity contribution in [3.8, 4) is 6.07 Å². The van der Waals surface area contributed by atoms with E-state index >= 15 is 0 Å². The molecule has 2 nitrogen and oxygen atoms in total. The SMILES string of the molecule is CC(C)CCN(C)CC1(CC#N)CC1. The lowest BCUT2D eigenvalue weighted by Crippen LogP contribution is -2.28. The first kappa shape index (κ1) is 11.5. The number of hydrogen-bond donors (Lipinski definition) is 0. The van der Waals surface area contributed by atoms with E-state index in [-0.39, 0.29) is 0 Å². The Hall–Kier alpha value is -0.550. The summed E-state index contributed by atoms with van der Waals surface area (Å²) in [6.45, 7) is 6.81. The smallest absolute Gasteiger partial charge is 0.0628 e. The van der Waals surface area contributed by atoms with E-state index in [2.05, 4.69) is 31.9 Å². The zero-order valence-electron chi connectivity index (χ0n) is 9.71. The van der Waals surface area contributed by atoms with E-state index in [1.807, 2.05) is 0 Å². The maximum absolute atomic E-state index is 8.70. The van der Waals surface area contributed by atoms with E-state index in [0.717, 1.165) is 18.9 Å². The molecule has 0 unspecified atom stereocenters. The van der Waals surface area contributed by atoms with Crippen molar-refractivity contribution in [1.82, 2.24) is 4.90 Å². The van der Waals surface area contributed by atoms with Gasteiger partial charge in [0.15, 0.2) is 0 Å². The summed E-state index contributed by atoms with van der Waals surface area (Å²) in [6, 6.07) is 2.31. The predicted octanol–water partition coefficient (Wildman–Crippen LogP) is 2.66. The maximum atomic E-state index is 8.70. The van der Waals surface area contributed by atoms with Crippen molar-refractivity contribution in [2.45, 2.75) is 39.5 Å². The Bertz CT molecular complexity index is 211. The zero-order chi connectivity index (χ0) is 10.6. The molecule has 1 rings (SSSR count). The van der Waals surface area contributed by atoms with Crippen molar-refractivity contribution < 1.29 is 0 Å². The van der Waals surface area contributed by atoms with Crippen LogP contribution in [0.5, 0.6) is 0 Å². The standard InChI is InChI=1S/C12H22N2/c1-11(2)4-9-14(3)10-12(5-6-12)7-8-13/h11H,4-7,9-10H2,1-3H3. The minimum atomic E-state index is 0.375. The third kappa shape index (κ3) is 3.67. The highest BCUT2D eigenvalue weighted by atomic mass is 15.1. The van der Waals surface area contributed by atoms with E-state index in [4.69, 9.17) is 5.26 Å². The van der Waals surface area contributed by atoms with Gasteiger partial charge in [0, 0.05) is 13.0 Å². The van der Waals surface area contributed by atoms with Crippen LogP contribution in [-0.4, -0.2) is 25.0 Å². The summed E-state index contributed by atoms with van der Waals surface area (Å²) < 4.78 is 0. The zero-order valence-corrected chi connectivity index (χ0v) is 9.71. The molecule has 14 heavy (non-hydrogen) atoms. The molecule has 0 saturated heterocycles. The lowest BCUT2D eigenvalue weighted by atomic mass is 10.0. The Morgan fingerprint density at radius 1 is 1.43 bits per heavy atom. The highest BCUT2D eigenvalue weighted by Crippen LogP contribution is 2.48. The van der Waals surface area contributed by atoms with Gasteiger partial charge in [-0.05, 0) is 44.2 Å². The van der Waals surface area contributed by atoms with Gasteiger partial charge in [-0.3, -0.25) is 0 Å². The predicted molar refractivity (Wildman–Crippen MR) is 58.8 cm³/mol. The van der Waals surface area contributed by atoms with Crippen LogP contribution in [-0.2, 0) is 0 Å². The minimum absolute atomic E-state index is 0.375. The first-order valence-electron chi connectivity index (χ1n) is 5.63. The Labute approximate surface area is 87.9 Å².